The first-order valence-corrected chi connectivity index (χ1v) is 21.5. The first kappa shape index (κ1) is 31.2. The van der Waals surface area contributed by atoms with Crippen molar-refractivity contribution in [2.45, 2.75) is 0 Å². The predicted octanol–water partition coefficient (Wildman–Crippen LogP) is 15.6. The standard InChI is InChI=1S/C59H36N4O/c1-8-24-49-40(16-1)41-17-2-9-25-50(41)61(49)38-35-48(60-58(36-38)63-53-28-12-5-20-44(53)45-21-6-13-29-54(45)63)59-39(37-32-33-57-47(34-37)46-22-7-14-31-56(46)64-57)23-15-30-55(59)62-51-26-10-3-18-42(51)43-19-4-11-27-52(43)62/h1-36H/i5D,12D,20D,28D. The van der Waals surface area contributed by atoms with E-state index < -0.39 is 0 Å². The second-order valence-corrected chi connectivity index (χ2v) is 16.4. The fraction of sp³-hybridized carbons (Fsp3) is 0. The molecule has 64 heavy (non-hydrogen) atoms. The number of hydrogen-bond acceptors (Lipinski definition) is 2. The van der Waals surface area contributed by atoms with Crippen molar-refractivity contribution >= 4 is 87.4 Å². The van der Waals surface area contributed by atoms with Crippen LogP contribution in [0.2, 0.25) is 0 Å². The van der Waals surface area contributed by atoms with Gasteiger partial charge in [0.2, 0.25) is 0 Å². The van der Waals surface area contributed by atoms with Gasteiger partial charge in [-0.1, -0.05) is 146 Å². The molecule has 0 aliphatic carbocycles. The zero-order valence-corrected chi connectivity index (χ0v) is 34.2. The van der Waals surface area contributed by atoms with Crippen LogP contribution in [-0.2, 0) is 0 Å². The summed E-state index contributed by atoms with van der Waals surface area (Å²) in [6.07, 6.45) is 0. The highest BCUT2D eigenvalue weighted by Crippen LogP contribution is 2.44. The maximum absolute atomic E-state index is 9.46. The second-order valence-electron chi connectivity index (χ2n) is 16.4. The molecule has 0 bridgehead atoms. The maximum Gasteiger partial charge on any atom is 0.140 e. The van der Waals surface area contributed by atoms with Crippen LogP contribution in [0.1, 0.15) is 5.48 Å². The van der Waals surface area contributed by atoms with Crippen LogP contribution in [0.4, 0.5) is 0 Å². The molecule has 0 aliphatic heterocycles. The Hall–Kier alpha value is -8.67. The van der Waals surface area contributed by atoms with Gasteiger partial charge in [0.1, 0.15) is 17.0 Å². The number of fused-ring (bicyclic) bond motifs is 12. The summed E-state index contributed by atoms with van der Waals surface area (Å²) in [6.45, 7) is 0. The molecule has 0 unspecified atom stereocenters. The van der Waals surface area contributed by atoms with Gasteiger partial charge in [0.05, 0.1) is 55.7 Å². The maximum atomic E-state index is 9.46. The lowest BCUT2D eigenvalue weighted by molar-refractivity contribution is 0.669. The van der Waals surface area contributed by atoms with Crippen LogP contribution >= 0.6 is 0 Å². The topological polar surface area (TPSA) is 40.8 Å². The highest BCUT2D eigenvalue weighted by Gasteiger charge is 2.24. The Bertz CT molecular complexity index is 4350. The minimum Gasteiger partial charge on any atom is -0.456 e. The number of furan rings is 1. The minimum atomic E-state index is -0.300. The molecule has 0 saturated heterocycles. The van der Waals surface area contributed by atoms with Gasteiger partial charge in [-0.05, 0) is 77.8 Å². The van der Waals surface area contributed by atoms with E-state index in [1.165, 1.54) is 0 Å². The van der Waals surface area contributed by atoms with Crippen LogP contribution in [0, 0.1) is 0 Å². The quantitative estimate of drug-likeness (QED) is 0.174. The molecule has 0 amide bonds. The molecule has 0 spiro atoms. The number of para-hydroxylation sites is 7. The third kappa shape index (κ3) is 4.98. The van der Waals surface area contributed by atoms with Crippen LogP contribution in [0.3, 0.4) is 0 Å². The first-order chi connectivity index (χ1) is 33.4. The van der Waals surface area contributed by atoms with E-state index in [1.54, 1.807) is 0 Å². The summed E-state index contributed by atoms with van der Waals surface area (Å²) in [5, 5.41) is 7.71. The molecular formula is C59H36N4O. The summed E-state index contributed by atoms with van der Waals surface area (Å²) in [7, 11) is 0. The Kier molecular flexibility index (Phi) is 6.54. The molecule has 14 rings (SSSR count). The van der Waals surface area contributed by atoms with Crippen molar-refractivity contribution in [3.63, 3.8) is 0 Å². The van der Waals surface area contributed by atoms with Crippen molar-refractivity contribution in [2.75, 3.05) is 0 Å². The van der Waals surface area contributed by atoms with Gasteiger partial charge in [-0.2, -0.15) is 0 Å². The van der Waals surface area contributed by atoms with E-state index in [0.717, 1.165) is 99.1 Å². The van der Waals surface area contributed by atoms with Crippen molar-refractivity contribution in [1.29, 1.82) is 0 Å². The molecule has 5 heteroatoms. The average molecular weight is 821 g/mol. The second kappa shape index (κ2) is 13.4. The molecular weight excluding hydrogens is 781 g/mol. The zero-order valence-electron chi connectivity index (χ0n) is 38.2. The molecule has 0 radical (unpaired) electrons. The molecule has 5 aromatic heterocycles. The van der Waals surface area contributed by atoms with Crippen LogP contribution < -0.4 is 0 Å². The fourth-order valence-corrected chi connectivity index (χ4v) is 10.3. The lowest BCUT2D eigenvalue weighted by atomic mass is 9.94. The van der Waals surface area contributed by atoms with E-state index in [-0.39, 0.29) is 24.2 Å². The SMILES string of the molecule is [2H]c1c([2H])c([2H])c2c(c1[2H])c1ccccc1n2-c1cc(-n2c3ccccc3c3ccccc32)cc(-c2c(-c3ccc4oc5ccccc5c4c3)cccc2-n2c3ccccc3c3ccccc32)n1. The molecule has 5 nitrogen and oxygen atoms in total. The van der Waals surface area contributed by atoms with Gasteiger partial charge < -0.3 is 13.6 Å². The van der Waals surface area contributed by atoms with Crippen LogP contribution in [0.5, 0.6) is 0 Å². The monoisotopic (exact) mass is 820 g/mol. The summed E-state index contributed by atoms with van der Waals surface area (Å²) in [5.41, 5.74) is 12.2. The highest BCUT2D eigenvalue weighted by molar-refractivity contribution is 6.13. The number of pyridine rings is 1. The third-order valence-corrected chi connectivity index (χ3v) is 13.0. The van der Waals surface area contributed by atoms with E-state index in [1.807, 2.05) is 47.0 Å². The van der Waals surface area contributed by atoms with Gasteiger partial charge >= 0.3 is 0 Å². The summed E-state index contributed by atoms with van der Waals surface area (Å²) >= 11 is 0. The van der Waals surface area contributed by atoms with Crippen LogP contribution in [0.15, 0.2) is 223 Å². The average Bonchev–Trinajstić information content (AvgIpc) is 4.13. The molecule has 0 aliphatic rings. The summed E-state index contributed by atoms with van der Waals surface area (Å²) in [4.78, 5) is 5.72. The van der Waals surface area contributed by atoms with E-state index in [2.05, 4.69) is 161 Å². The first-order valence-electron chi connectivity index (χ1n) is 23.5. The van der Waals surface area contributed by atoms with E-state index >= 15 is 0 Å². The fourth-order valence-electron chi connectivity index (χ4n) is 10.3. The van der Waals surface area contributed by atoms with E-state index in [4.69, 9.17) is 12.1 Å². The zero-order chi connectivity index (χ0) is 45.4. The van der Waals surface area contributed by atoms with Gasteiger partial charge in [0.25, 0.3) is 0 Å². The van der Waals surface area contributed by atoms with Crippen molar-refractivity contribution < 1.29 is 9.90 Å². The molecule has 9 aromatic carbocycles. The Labute approximate surface area is 372 Å². The number of rotatable bonds is 5. The van der Waals surface area contributed by atoms with Crippen LogP contribution in [0.25, 0.3) is 127 Å². The van der Waals surface area contributed by atoms with Gasteiger partial charge in [-0.3, -0.25) is 4.57 Å². The molecule has 5 heterocycles. The van der Waals surface area contributed by atoms with Gasteiger partial charge in [-0.15, -0.1) is 0 Å². The lowest BCUT2D eigenvalue weighted by Gasteiger charge is -2.20. The van der Waals surface area contributed by atoms with E-state index in [9.17, 15) is 2.74 Å². The van der Waals surface area contributed by atoms with Crippen molar-refractivity contribution in [2.24, 2.45) is 0 Å². The number of hydrogen-bond donors (Lipinski definition) is 0. The van der Waals surface area contributed by atoms with Gasteiger partial charge in [0.15, 0.2) is 0 Å². The van der Waals surface area contributed by atoms with Crippen molar-refractivity contribution in [3.8, 4) is 39.6 Å². The van der Waals surface area contributed by atoms with Crippen LogP contribution in [-0.4, -0.2) is 18.7 Å². The van der Waals surface area contributed by atoms with Gasteiger partial charge in [0, 0.05) is 54.7 Å². The van der Waals surface area contributed by atoms with Gasteiger partial charge in [-0.25, -0.2) is 4.98 Å². The third-order valence-electron chi connectivity index (χ3n) is 13.0. The van der Waals surface area contributed by atoms with Crippen molar-refractivity contribution in [1.82, 2.24) is 18.7 Å². The molecule has 0 fully saturated rings. The minimum absolute atomic E-state index is 0.0871. The lowest BCUT2D eigenvalue weighted by Crippen LogP contribution is -2.05. The van der Waals surface area contributed by atoms with E-state index in [0.29, 0.717) is 27.8 Å². The Morgan fingerprint density at radius 2 is 0.922 bits per heavy atom. The predicted molar refractivity (Wildman–Crippen MR) is 265 cm³/mol. The summed E-state index contributed by atoms with van der Waals surface area (Å²) in [6, 6.07) is 66.1. The Balaban J connectivity index is 1.17. The number of benzene rings is 9. The normalized spacial score (nSPS) is 12.9. The Morgan fingerprint density at radius 1 is 0.391 bits per heavy atom. The highest BCUT2D eigenvalue weighted by atomic mass is 16.3. The molecule has 0 saturated carbocycles. The van der Waals surface area contributed by atoms with Crippen molar-refractivity contribution in [3.05, 3.63) is 218 Å². The molecule has 298 valence electrons. The smallest absolute Gasteiger partial charge is 0.140 e. The number of nitrogens with zero attached hydrogens (tertiary/aromatic N) is 4. The molecule has 14 aromatic rings. The summed E-state index contributed by atoms with van der Waals surface area (Å²) < 4.78 is 49.3. The number of aromatic nitrogens is 4. The molecule has 0 atom stereocenters. The summed E-state index contributed by atoms with van der Waals surface area (Å²) in [5.74, 6) is 0.509. The Morgan fingerprint density at radius 3 is 1.58 bits per heavy atom. The largest absolute Gasteiger partial charge is 0.456 e. The molecule has 0 N–H and O–H groups in total.